The van der Waals surface area contributed by atoms with Crippen molar-refractivity contribution in [3.63, 3.8) is 0 Å². The van der Waals surface area contributed by atoms with E-state index in [-0.39, 0.29) is 0 Å². The number of guanidine groups is 1. The monoisotopic (exact) mass is 312 g/mol. The molecule has 0 radical (unpaired) electrons. The molecule has 5 nitrogen and oxygen atoms in total. The van der Waals surface area contributed by atoms with Gasteiger partial charge in [-0.25, -0.2) is 4.99 Å². The maximum Gasteiger partial charge on any atom is 0.191 e. The molecule has 1 aromatic heterocycles. The molecule has 0 bridgehead atoms. The van der Waals surface area contributed by atoms with Gasteiger partial charge in [0.2, 0.25) is 0 Å². The Kier molecular flexibility index (Phi) is 7.71. The highest BCUT2D eigenvalue weighted by Gasteiger charge is 2.23. The zero-order chi connectivity index (χ0) is 15.7. The van der Waals surface area contributed by atoms with E-state index in [0.717, 1.165) is 36.9 Å². The Hall–Kier alpha value is -1.11. The zero-order valence-electron chi connectivity index (χ0n) is 13.5. The first-order valence-electron chi connectivity index (χ1n) is 7.39. The van der Waals surface area contributed by atoms with Gasteiger partial charge in [-0.3, -0.25) is 0 Å². The Balaban J connectivity index is 2.51. The van der Waals surface area contributed by atoms with Gasteiger partial charge < -0.3 is 20.6 Å². The first kappa shape index (κ1) is 17.9. The molecule has 0 aliphatic rings. The molecule has 6 heteroatoms. The standard InChI is InChI=1S/C15H28N4OS/c1-5-16-14(17-9-7-10-19(3)4)18-12-15(2,20)13-8-6-11-21-13/h6,8,11,20H,5,7,9-10,12H2,1-4H3,(H2,16,17,18). The Labute approximate surface area is 132 Å². The highest BCUT2D eigenvalue weighted by molar-refractivity contribution is 7.10. The number of aliphatic imine (C=N–C) groups is 1. The van der Waals surface area contributed by atoms with Gasteiger partial charge in [0, 0.05) is 18.0 Å². The van der Waals surface area contributed by atoms with E-state index in [0.29, 0.717) is 6.54 Å². The lowest BCUT2D eigenvalue weighted by atomic mass is 10.1. The maximum absolute atomic E-state index is 10.5. The number of rotatable bonds is 8. The normalized spacial score (nSPS) is 15.0. The van der Waals surface area contributed by atoms with Crippen LogP contribution >= 0.6 is 11.3 Å². The van der Waals surface area contributed by atoms with E-state index in [4.69, 9.17) is 0 Å². The summed E-state index contributed by atoms with van der Waals surface area (Å²) in [4.78, 5) is 7.59. The van der Waals surface area contributed by atoms with E-state index < -0.39 is 5.60 Å². The van der Waals surface area contributed by atoms with Gasteiger partial charge in [0.15, 0.2) is 5.96 Å². The van der Waals surface area contributed by atoms with Crippen LogP contribution in [0.15, 0.2) is 22.5 Å². The summed E-state index contributed by atoms with van der Waals surface area (Å²) in [5.41, 5.74) is -0.917. The first-order valence-corrected chi connectivity index (χ1v) is 8.27. The molecule has 21 heavy (non-hydrogen) atoms. The molecule has 3 N–H and O–H groups in total. The molecule has 0 saturated carbocycles. The summed E-state index contributed by atoms with van der Waals surface area (Å²) in [6.07, 6.45) is 1.05. The third-order valence-corrected chi connectivity index (χ3v) is 4.14. The fourth-order valence-electron chi connectivity index (χ4n) is 1.84. The smallest absolute Gasteiger partial charge is 0.191 e. The number of hydrogen-bond donors (Lipinski definition) is 3. The average Bonchev–Trinajstić information content (AvgIpc) is 2.95. The third-order valence-electron chi connectivity index (χ3n) is 3.02. The zero-order valence-corrected chi connectivity index (χ0v) is 14.3. The van der Waals surface area contributed by atoms with Crippen LogP contribution in [-0.4, -0.2) is 56.2 Å². The molecule has 0 aromatic carbocycles. The first-order chi connectivity index (χ1) is 9.95. The highest BCUT2D eigenvalue weighted by atomic mass is 32.1. The molecule has 0 spiro atoms. The largest absolute Gasteiger partial charge is 0.383 e. The van der Waals surface area contributed by atoms with E-state index in [1.54, 1.807) is 18.3 Å². The van der Waals surface area contributed by atoms with Gasteiger partial charge in [-0.2, -0.15) is 0 Å². The fraction of sp³-hybridized carbons (Fsp3) is 0.667. The van der Waals surface area contributed by atoms with Gasteiger partial charge in [-0.1, -0.05) is 6.07 Å². The predicted molar refractivity (Wildman–Crippen MR) is 91.0 cm³/mol. The Bertz CT molecular complexity index is 415. The van der Waals surface area contributed by atoms with Crippen LogP contribution in [0.4, 0.5) is 0 Å². The average molecular weight is 312 g/mol. The number of aliphatic hydroxyl groups is 1. The Morgan fingerprint density at radius 3 is 2.76 bits per heavy atom. The van der Waals surface area contributed by atoms with Gasteiger partial charge in [-0.05, 0) is 52.4 Å². The summed E-state index contributed by atoms with van der Waals surface area (Å²) < 4.78 is 0. The number of nitrogens with zero attached hydrogens (tertiary/aromatic N) is 2. The maximum atomic E-state index is 10.5. The molecule has 0 saturated heterocycles. The predicted octanol–water partition coefficient (Wildman–Crippen LogP) is 1.46. The minimum Gasteiger partial charge on any atom is -0.383 e. The SMILES string of the molecule is CCNC(=NCC(C)(O)c1cccs1)NCCCN(C)C. The summed E-state index contributed by atoms with van der Waals surface area (Å²) in [7, 11) is 4.13. The second kappa shape index (κ2) is 9.02. The van der Waals surface area contributed by atoms with Gasteiger partial charge in [0.05, 0.1) is 6.54 Å². The van der Waals surface area contributed by atoms with Crippen LogP contribution < -0.4 is 10.6 Å². The van der Waals surface area contributed by atoms with Crippen molar-refractivity contribution in [2.24, 2.45) is 4.99 Å². The van der Waals surface area contributed by atoms with E-state index >= 15 is 0 Å². The van der Waals surface area contributed by atoms with Crippen molar-refractivity contribution in [1.82, 2.24) is 15.5 Å². The third kappa shape index (κ3) is 6.93. The summed E-state index contributed by atoms with van der Waals surface area (Å²) in [6.45, 7) is 6.90. The van der Waals surface area contributed by atoms with E-state index in [2.05, 4.69) is 34.6 Å². The molecule has 0 aliphatic heterocycles. The molecule has 1 heterocycles. The molecule has 0 aliphatic carbocycles. The van der Waals surface area contributed by atoms with Crippen LogP contribution in [-0.2, 0) is 5.60 Å². The van der Waals surface area contributed by atoms with Crippen LogP contribution in [0.1, 0.15) is 25.1 Å². The van der Waals surface area contributed by atoms with Crippen molar-refractivity contribution in [1.29, 1.82) is 0 Å². The van der Waals surface area contributed by atoms with Crippen LogP contribution in [0.5, 0.6) is 0 Å². The van der Waals surface area contributed by atoms with Gasteiger partial charge in [0.25, 0.3) is 0 Å². The summed E-state index contributed by atoms with van der Waals surface area (Å²) >= 11 is 1.55. The Morgan fingerprint density at radius 1 is 1.43 bits per heavy atom. The second-order valence-electron chi connectivity index (χ2n) is 5.53. The molecule has 1 atom stereocenters. The van der Waals surface area contributed by atoms with Crippen molar-refractivity contribution in [2.45, 2.75) is 25.9 Å². The van der Waals surface area contributed by atoms with Crippen molar-refractivity contribution < 1.29 is 5.11 Å². The Morgan fingerprint density at radius 2 is 2.19 bits per heavy atom. The number of thiophene rings is 1. The van der Waals surface area contributed by atoms with Crippen molar-refractivity contribution in [2.75, 3.05) is 40.3 Å². The quantitative estimate of drug-likeness (QED) is 0.386. The molecule has 1 unspecified atom stereocenters. The molecule has 1 aromatic rings. The molecule has 1 rings (SSSR count). The van der Waals surface area contributed by atoms with E-state index in [1.165, 1.54) is 0 Å². The number of nitrogens with one attached hydrogen (secondary N) is 2. The van der Waals surface area contributed by atoms with Crippen molar-refractivity contribution >= 4 is 17.3 Å². The highest BCUT2D eigenvalue weighted by Crippen LogP contribution is 2.25. The van der Waals surface area contributed by atoms with E-state index in [9.17, 15) is 5.11 Å². The van der Waals surface area contributed by atoms with Gasteiger partial charge in [0.1, 0.15) is 5.60 Å². The topological polar surface area (TPSA) is 59.9 Å². The van der Waals surface area contributed by atoms with Crippen molar-refractivity contribution in [3.05, 3.63) is 22.4 Å². The van der Waals surface area contributed by atoms with Crippen LogP contribution in [0.2, 0.25) is 0 Å². The minimum atomic E-state index is -0.917. The minimum absolute atomic E-state index is 0.344. The molecule has 0 fully saturated rings. The van der Waals surface area contributed by atoms with E-state index in [1.807, 2.05) is 24.4 Å². The lowest BCUT2D eigenvalue weighted by Crippen LogP contribution is -2.39. The van der Waals surface area contributed by atoms with Crippen LogP contribution in [0.25, 0.3) is 0 Å². The lowest BCUT2D eigenvalue weighted by molar-refractivity contribution is 0.0711. The fourth-order valence-corrected chi connectivity index (χ4v) is 2.62. The van der Waals surface area contributed by atoms with Crippen LogP contribution in [0.3, 0.4) is 0 Å². The molecule has 120 valence electrons. The lowest BCUT2D eigenvalue weighted by Gasteiger charge is -2.20. The van der Waals surface area contributed by atoms with Crippen LogP contribution in [0, 0.1) is 0 Å². The second-order valence-corrected chi connectivity index (χ2v) is 6.48. The molecular formula is C15H28N4OS. The summed E-state index contributed by atoms with van der Waals surface area (Å²) in [5, 5.41) is 19.0. The van der Waals surface area contributed by atoms with Crippen molar-refractivity contribution in [3.8, 4) is 0 Å². The molecular weight excluding hydrogens is 284 g/mol. The summed E-state index contributed by atoms with van der Waals surface area (Å²) in [6, 6.07) is 3.89. The van der Waals surface area contributed by atoms with Gasteiger partial charge in [-0.15, -0.1) is 11.3 Å². The molecule has 0 amide bonds. The number of hydrogen-bond acceptors (Lipinski definition) is 4. The summed E-state index contributed by atoms with van der Waals surface area (Å²) in [5.74, 6) is 0.757. The van der Waals surface area contributed by atoms with Gasteiger partial charge >= 0.3 is 0 Å².